The van der Waals surface area contributed by atoms with Gasteiger partial charge in [-0.25, -0.2) is 0 Å². The molecule has 0 bridgehead atoms. The second-order valence-corrected chi connectivity index (χ2v) is 4.89. The molecule has 2 aromatic rings. The van der Waals surface area contributed by atoms with Gasteiger partial charge < -0.3 is 9.73 Å². The van der Waals surface area contributed by atoms with Gasteiger partial charge in [0, 0.05) is 16.8 Å². The van der Waals surface area contributed by atoms with E-state index in [1.807, 2.05) is 6.07 Å². The maximum atomic E-state index is 12.1. The standard InChI is InChI=1S/C16H13ClN2O2/c1-10-6-7-13(21-10)8-12(9-18)16(20)19-15-5-3-4-14(17)11(15)2/h3-8H,1-2H3,(H,19,20). The number of hydrogen-bond acceptors (Lipinski definition) is 3. The molecule has 0 spiro atoms. The molecule has 0 aliphatic carbocycles. The van der Waals surface area contributed by atoms with Gasteiger partial charge in [0.25, 0.3) is 5.91 Å². The molecule has 0 aliphatic heterocycles. The highest BCUT2D eigenvalue weighted by Crippen LogP contribution is 2.23. The van der Waals surface area contributed by atoms with Crippen LogP contribution in [0.25, 0.3) is 6.08 Å². The van der Waals surface area contributed by atoms with Crippen LogP contribution in [-0.4, -0.2) is 5.91 Å². The van der Waals surface area contributed by atoms with Gasteiger partial charge in [0.2, 0.25) is 0 Å². The minimum Gasteiger partial charge on any atom is -0.462 e. The molecule has 1 amide bonds. The zero-order chi connectivity index (χ0) is 15.4. The quantitative estimate of drug-likeness (QED) is 0.685. The van der Waals surface area contributed by atoms with Crippen LogP contribution >= 0.6 is 11.6 Å². The average molecular weight is 301 g/mol. The molecule has 1 aromatic carbocycles. The Labute approximate surface area is 127 Å². The van der Waals surface area contributed by atoms with Gasteiger partial charge in [-0.05, 0) is 43.7 Å². The summed E-state index contributed by atoms with van der Waals surface area (Å²) >= 11 is 6.00. The lowest BCUT2D eigenvalue weighted by molar-refractivity contribution is -0.112. The summed E-state index contributed by atoms with van der Waals surface area (Å²) in [5.74, 6) is 0.670. The molecule has 2 rings (SSSR count). The van der Waals surface area contributed by atoms with Crippen LogP contribution in [0, 0.1) is 25.2 Å². The number of halogens is 1. The molecule has 0 unspecified atom stereocenters. The Hall–Kier alpha value is -2.51. The molecule has 0 saturated heterocycles. The van der Waals surface area contributed by atoms with Crippen LogP contribution in [0.3, 0.4) is 0 Å². The Balaban J connectivity index is 2.24. The zero-order valence-electron chi connectivity index (χ0n) is 11.6. The van der Waals surface area contributed by atoms with Crippen LogP contribution < -0.4 is 5.32 Å². The fraction of sp³-hybridized carbons (Fsp3) is 0.125. The maximum Gasteiger partial charge on any atom is 0.266 e. The van der Waals surface area contributed by atoms with E-state index in [0.29, 0.717) is 22.2 Å². The van der Waals surface area contributed by atoms with Crippen LogP contribution in [0.15, 0.2) is 40.3 Å². The van der Waals surface area contributed by atoms with Crippen LogP contribution in [0.5, 0.6) is 0 Å². The van der Waals surface area contributed by atoms with Crippen molar-refractivity contribution in [3.05, 3.63) is 58.0 Å². The molecule has 0 fully saturated rings. The third kappa shape index (κ3) is 3.53. The molecule has 1 aromatic heterocycles. The summed E-state index contributed by atoms with van der Waals surface area (Å²) in [7, 11) is 0. The van der Waals surface area contributed by atoms with E-state index in [2.05, 4.69) is 5.32 Å². The molecule has 1 heterocycles. The van der Waals surface area contributed by atoms with Crippen molar-refractivity contribution in [3.63, 3.8) is 0 Å². The third-order valence-corrected chi connectivity index (χ3v) is 3.34. The monoisotopic (exact) mass is 300 g/mol. The maximum absolute atomic E-state index is 12.1. The molecule has 0 saturated carbocycles. The van der Waals surface area contributed by atoms with Gasteiger partial charge in [0.1, 0.15) is 23.2 Å². The van der Waals surface area contributed by atoms with Crippen molar-refractivity contribution in [3.8, 4) is 6.07 Å². The van der Waals surface area contributed by atoms with Crippen molar-refractivity contribution in [1.29, 1.82) is 5.26 Å². The van der Waals surface area contributed by atoms with Crippen LogP contribution in [0.1, 0.15) is 17.1 Å². The second-order valence-electron chi connectivity index (χ2n) is 4.48. The molecular formula is C16H13ClN2O2. The third-order valence-electron chi connectivity index (χ3n) is 2.93. The first-order valence-corrected chi connectivity index (χ1v) is 6.63. The summed E-state index contributed by atoms with van der Waals surface area (Å²) < 4.78 is 5.33. The summed E-state index contributed by atoms with van der Waals surface area (Å²) in [6.45, 7) is 3.59. The number of nitriles is 1. The topological polar surface area (TPSA) is 66.0 Å². The molecule has 4 nitrogen and oxygen atoms in total. The van der Waals surface area contributed by atoms with E-state index in [9.17, 15) is 4.79 Å². The van der Waals surface area contributed by atoms with E-state index in [1.165, 1.54) is 6.08 Å². The molecule has 106 valence electrons. The minimum atomic E-state index is -0.503. The highest BCUT2D eigenvalue weighted by atomic mass is 35.5. The lowest BCUT2D eigenvalue weighted by atomic mass is 10.1. The van der Waals surface area contributed by atoms with Crippen molar-refractivity contribution in [2.75, 3.05) is 5.32 Å². The van der Waals surface area contributed by atoms with Gasteiger partial charge in [-0.2, -0.15) is 5.26 Å². The first-order valence-electron chi connectivity index (χ1n) is 6.26. The Morgan fingerprint density at radius 2 is 2.10 bits per heavy atom. The Kier molecular flexibility index (Phi) is 4.46. The van der Waals surface area contributed by atoms with Gasteiger partial charge in [-0.1, -0.05) is 17.7 Å². The zero-order valence-corrected chi connectivity index (χ0v) is 12.4. The van der Waals surface area contributed by atoms with Gasteiger partial charge in [0.05, 0.1) is 0 Å². The SMILES string of the molecule is Cc1ccc(C=C(C#N)C(=O)Nc2cccc(Cl)c2C)o1. The van der Waals surface area contributed by atoms with Crippen molar-refractivity contribution >= 4 is 29.3 Å². The molecule has 5 heteroatoms. The molecule has 1 N–H and O–H groups in total. The van der Waals surface area contributed by atoms with Crippen molar-refractivity contribution in [2.45, 2.75) is 13.8 Å². The first-order chi connectivity index (χ1) is 10.0. The number of hydrogen-bond donors (Lipinski definition) is 1. The van der Waals surface area contributed by atoms with Crippen LogP contribution in [0.4, 0.5) is 5.69 Å². The summed E-state index contributed by atoms with van der Waals surface area (Å²) in [6.07, 6.45) is 1.40. The highest BCUT2D eigenvalue weighted by Gasteiger charge is 2.12. The van der Waals surface area contributed by atoms with E-state index in [0.717, 1.165) is 5.56 Å². The van der Waals surface area contributed by atoms with E-state index >= 15 is 0 Å². The molecule has 21 heavy (non-hydrogen) atoms. The Morgan fingerprint density at radius 1 is 1.33 bits per heavy atom. The fourth-order valence-electron chi connectivity index (χ4n) is 1.75. The number of carbonyl (C=O) groups excluding carboxylic acids is 1. The molecular weight excluding hydrogens is 288 g/mol. The molecule has 0 radical (unpaired) electrons. The van der Waals surface area contributed by atoms with Crippen LogP contribution in [0.2, 0.25) is 5.02 Å². The summed E-state index contributed by atoms with van der Waals surface area (Å²) in [6, 6.07) is 10.5. The molecule has 0 atom stereocenters. The smallest absolute Gasteiger partial charge is 0.266 e. The van der Waals surface area contributed by atoms with E-state index in [4.69, 9.17) is 21.3 Å². The largest absolute Gasteiger partial charge is 0.462 e. The first kappa shape index (κ1) is 14.9. The average Bonchev–Trinajstić information content (AvgIpc) is 2.86. The summed E-state index contributed by atoms with van der Waals surface area (Å²) in [4.78, 5) is 12.1. The number of nitrogens with zero attached hydrogens (tertiary/aromatic N) is 1. The summed E-state index contributed by atoms with van der Waals surface area (Å²) in [5.41, 5.74) is 1.28. The van der Waals surface area contributed by atoms with E-state index < -0.39 is 5.91 Å². The van der Waals surface area contributed by atoms with E-state index in [1.54, 1.807) is 44.2 Å². The van der Waals surface area contributed by atoms with Crippen LogP contribution in [-0.2, 0) is 4.79 Å². The minimum absolute atomic E-state index is 0.0382. The normalized spacial score (nSPS) is 11.0. The predicted octanol–water partition coefficient (Wildman–Crippen LogP) is 4.10. The fourth-order valence-corrected chi connectivity index (χ4v) is 1.93. The number of amides is 1. The predicted molar refractivity (Wildman–Crippen MR) is 81.9 cm³/mol. The van der Waals surface area contributed by atoms with Crippen molar-refractivity contribution < 1.29 is 9.21 Å². The van der Waals surface area contributed by atoms with Gasteiger partial charge in [-0.3, -0.25) is 4.79 Å². The van der Waals surface area contributed by atoms with Gasteiger partial charge in [0.15, 0.2) is 0 Å². The van der Waals surface area contributed by atoms with E-state index in [-0.39, 0.29) is 5.57 Å². The number of carbonyl (C=O) groups is 1. The number of anilines is 1. The Morgan fingerprint density at radius 3 is 2.71 bits per heavy atom. The number of rotatable bonds is 3. The van der Waals surface area contributed by atoms with Crippen molar-refractivity contribution in [1.82, 2.24) is 0 Å². The summed E-state index contributed by atoms with van der Waals surface area (Å²) in [5, 5.41) is 12.3. The lowest BCUT2D eigenvalue weighted by Crippen LogP contribution is -2.14. The number of furan rings is 1. The Bertz CT molecular complexity index is 754. The number of benzene rings is 1. The second kappa shape index (κ2) is 6.29. The lowest BCUT2D eigenvalue weighted by Gasteiger charge is -2.08. The van der Waals surface area contributed by atoms with Gasteiger partial charge >= 0.3 is 0 Å². The van der Waals surface area contributed by atoms with Crippen molar-refractivity contribution in [2.24, 2.45) is 0 Å². The molecule has 0 aliphatic rings. The number of nitrogens with one attached hydrogen (secondary N) is 1. The highest BCUT2D eigenvalue weighted by molar-refractivity contribution is 6.31. The van der Waals surface area contributed by atoms with Gasteiger partial charge in [-0.15, -0.1) is 0 Å². The number of aryl methyl sites for hydroxylation is 1.